The van der Waals surface area contributed by atoms with Crippen molar-refractivity contribution < 1.29 is 24.2 Å². The predicted molar refractivity (Wildman–Crippen MR) is 105 cm³/mol. The molecule has 0 spiro atoms. The Balaban J connectivity index is 1.60. The first-order valence-corrected chi connectivity index (χ1v) is 10.2. The van der Waals surface area contributed by atoms with Gasteiger partial charge in [-0.15, -0.1) is 0 Å². The molecule has 0 aromatic heterocycles. The molecule has 0 saturated carbocycles. The maximum Gasteiger partial charge on any atom is 0.316 e. The number of hydrogen-bond acceptors (Lipinski definition) is 6. The molecule has 2 bridgehead atoms. The highest BCUT2D eigenvalue weighted by atomic mass is 16.6. The summed E-state index contributed by atoms with van der Waals surface area (Å²) in [5.74, 6) is -0.943. The Hall–Kier alpha value is -1.92. The smallest absolute Gasteiger partial charge is 0.316 e. The minimum absolute atomic E-state index is 0.0666. The van der Waals surface area contributed by atoms with E-state index in [4.69, 9.17) is 9.47 Å². The zero-order valence-corrected chi connectivity index (χ0v) is 16.9. The predicted octanol–water partition coefficient (Wildman–Crippen LogP) is 2.50. The number of aliphatic hydroxyl groups excluding tert-OH is 1. The first-order valence-electron chi connectivity index (χ1n) is 10.2. The van der Waals surface area contributed by atoms with E-state index in [2.05, 4.69) is 4.90 Å². The van der Waals surface area contributed by atoms with E-state index in [0.29, 0.717) is 12.8 Å². The van der Waals surface area contributed by atoms with Crippen molar-refractivity contribution in [2.75, 3.05) is 13.7 Å². The zero-order chi connectivity index (χ0) is 20.3. The van der Waals surface area contributed by atoms with Crippen LogP contribution in [-0.2, 0) is 19.1 Å². The zero-order valence-electron chi connectivity index (χ0n) is 16.9. The normalized spacial score (nSPS) is 28.2. The number of carbonyl (C=O) groups is 2. The maximum absolute atomic E-state index is 12.7. The molecule has 0 radical (unpaired) electrons. The minimum atomic E-state index is -0.668. The number of hydrogen-bond donors (Lipinski definition) is 1. The molecule has 5 unspecified atom stereocenters. The number of ether oxygens (including phenoxy) is 2. The molecule has 1 aromatic rings. The highest BCUT2D eigenvalue weighted by Gasteiger charge is 2.48. The van der Waals surface area contributed by atoms with Crippen molar-refractivity contribution >= 4 is 11.9 Å². The number of carbonyl (C=O) groups excluding carboxylic acids is 2. The Morgan fingerprint density at radius 2 is 1.86 bits per heavy atom. The molecule has 5 atom stereocenters. The van der Waals surface area contributed by atoms with Crippen LogP contribution in [0.15, 0.2) is 30.3 Å². The molecule has 2 saturated heterocycles. The fourth-order valence-corrected chi connectivity index (χ4v) is 4.40. The van der Waals surface area contributed by atoms with Crippen LogP contribution in [0.4, 0.5) is 0 Å². The summed E-state index contributed by atoms with van der Waals surface area (Å²) in [6, 6.07) is 9.51. The van der Waals surface area contributed by atoms with Crippen molar-refractivity contribution in [2.45, 2.75) is 69.7 Å². The van der Waals surface area contributed by atoms with Crippen molar-refractivity contribution in [2.24, 2.45) is 5.92 Å². The summed E-state index contributed by atoms with van der Waals surface area (Å²) in [5, 5.41) is 9.68. The fraction of sp³-hybridized carbons (Fsp3) is 0.636. The van der Waals surface area contributed by atoms with Crippen molar-refractivity contribution in [3.05, 3.63) is 35.9 Å². The molecule has 2 fully saturated rings. The largest absolute Gasteiger partial charge is 0.462 e. The Morgan fingerprint density at radius 3 is 2.50 bits per heavy atom. The molecule has 2 aliphatic rings. The number of rotatable bonds is 7. The van der Waals surface area contributed by atoms with Gasteiger partial charge in [0, 0.05) is 31.7 Å². The topological polar surface area (TPSA) is 76.1 Å². The van der Waals surface area contributed by atoms with Gasteiger partial charge in [0.15, 0.2) is 0 Å². The molecule has 1 N–H and O–H groups in total. The van der Waals surface area contributed by atoms with Crippen molar-refractivity contribution in [1.82, 2.24) is 4.90 Å². The van der Waals surface area contributed by atoms with Crippen LogP contribution < -0.4 is 0 Å². The van der Waals surface area contributed by atoms with E-state index in [0.717, 1.165) is 18.4 Å². The average molecular weight is 389 g/mol. The number of likely N-dealkylation sites (N-methyl/N-ethyl adjacent to an activating group) is 1. The molecule has 2 aliphatic heterocycles. The monoisotopic (exact) mass is 389 g/mol. The van der Waals surface area contributed by atoms with Gasteiger partial charge in [-0.2, -0.15) is 0 Å². The lowest BCUT2D eigenvalue weighted by atomic mass is 9.98. The van der Waals surface area contributed by atoms with Crippen LogP contribution in [0.25, 0.3) is 0 Å². The maximum atomic E-state index is 12.7. The van der Waals surface area contributed by atoms with Crippen LogP contribution in [-0.4, -0.2) is 59.9 Å². The van der Waals surface area contributed by atoms with Gasteiger partial charge < -0.3 is 14.6 Å². The summed E-state index contributed by atoms with van der Waals surface area (Å²) in [4.78, 5) is 27.0. The lowest BCUT2D eigenvalue weighted by molar-refractivity contribution is -0.158. The molecular formula is C22H31NO5. The van der Waals surface area contributed by atoms with E-state index < -0.39 is 11.9 Å². The van der Waals surface area contributed by atoms with Crippen molar-refractivity contribution in [1.29, 1.82) is 0 Å². The first kappa shape index (κ1) is 20.8. The molecule has 0 aliphatic carbocycles. The number of benzene rings is 1. The van der Waals surface area contributed by atoms with Crippen LogP contribution in [0.1, 0.15) is 51.0 Å². The van der Waals surface area contributed by atoms with Crippen LogP contribution in [0.5, 0.6) is 0 Å². The number of piperidine rings is 1. The molecule has 6 heteroatoms. The van der Waals surface area contributed by atoms with Gasteiger partial charge in [-0.1, -0.05) is 44.2 Å². The van der Waals surface area contributed by atoms with Gasteiger partial charge in [0.1, 0.15) is 18.1 Å². The Bertz CT molecular complexity index is 677. The van der Waals surface area contributed by atoms with Crippen LogP contribution in [0.2, 0.25) is 0 Å². The second-order valence-electron chi connectivity index (χ2n) is 8.42. The van der Waals surface area contributed by atoms with E-state index in [1.165, 1.54) is 0 Å². The molecule has 2 heterocycles. The lowest BCUT2D eigenvalue weighted by Gasteiger charge is -2.36. The number of nitrogens with zero attached hydrogens (tertiary/aromatic N) is 1. The standard InChI is InChI=1S/C22H31NO5/c1-14(2)9-21(25)28-20-11-16-10-17(12-19(20)23(16)3)27-22(26)18(13-24)15-7-5-4-6-8-15/h4-8,14,16-20,24H,9-13H2,1-3H3. The van der Waals surface area contributed by atoms with Gasteiger partial charge in [0.2, 0.25) is 0 Å². The summed E-state index contributed by atoms with van der Waals surface area (Å²) < 4.78 is 11.5. The van der Waals surface area contributed by atoms with Crippen molar-refractivity contribution in [3.8, 4) is 0 Å². The molecule has 28 heavy (non-hydrogen) atoms. The van der Waals surface area contributed by atoms with Gasteiger partial charge >= 0.3 is 11.9 Å². The summed E-state index contributed by atoms with van der Waals surface area (Å²) >= 11 is 0. The first-order chi connectivity index (χ1) is 13.4. The third kappa shape index (κ3) is 4.73. The van der Waals surface area contributed by atoms with Gasteiger partial charge in [-0.25, -0.2) is 0 Å². The Kier molecular flexibility index (Phi) is 6.73. The second kappa shape index (κ2) is 9.05. The van der Waals surface area contributed by atoms with Gasteiger partial charge in [-0.3, -0.25) is 14.5 Å². The average Bonchev–Trinajstić information content (AvgIpc) is 2.81. The highest BCUT2D eigenvalue weighted by Crippen LogP contribution is 2.38. The van der Waals surface area contributed by atoms with Crippen LogP contribution in [0, 0.1) is 5.92 Å². The molecule has 0 amide bonds. The van der Waals surface area contributed by atoms with Gasteiger partial charge in [0.05, 0.1) is 12.6 Å². The molecule has 1 aromatic carbocycles. The third-order valence-corrected chi connectivity index (χ3v) is 5.88. The second-order valence-corrected chi connectivity index (χ2v) is 8.42. The number of esters is 2. The van der Waals surface area contributed by atoms with E-state index >= 15 is 0 Å². The summed E-state index contributed by atoms with van der Waals surface area (Å²) in [5.41, 5.74) is 0.756. The lowest BCUT2D eigenvalue weighted by Crippen LogP contribution is -2.46. The fourth-order valence-electron chi connectivity index (χ4n) is 4.40. The highest BCUT2D eigenvalue weighted by molar-refractivity contribution is 5.78. The van der Waals surface area contributed by atoms with E-state index in [1.807, 2.05) is 51.2 Å². The summed E-state index contributed by atoms with van der Waals surface area (Å²) in [6.07, 6.45) is 2.21. The molecular weight excluding hydrogens is 358 g/mol. The van der Waals surface area contributed by atoms with Crippen LogP contribution in [0.3, 0.4) is 0 Å². The Morgan fingerprint density at radius 1 is 1.14 bits per heavy atom. The molecule has 6 nitrogen and oxygen atoms in total. The van der Waals surface area contributed by atoms with Crippen molar-refractivity contribution in [3.63, 3.8) is 0 Å². The number of fused-ring (bicyclic) bond motifs is 2. The third-order valence-electron chi connectivity index (χ3n) is 5.88. The summed E-state index contributed by atoms with van der Waals surface area (Å²) in [7, 11) is 2.05. The SMILES string of the molecule is CC(C)CC(=O)OC1CC2CC(OC(=O)C(CO)c3ccccc3)CC1N2C. The van der Waals surface area contributed by atoms with E-state index in [1.54, 1.807) is 0 Å². The van der Waals surface area contributed by atoms with E-state index in [-0.39, 0.29) is 42.8 Å². The van der Waals surface area contributed by atoms with Gasteiger partial charge in [0.25, 0.3) is 0 Å². The quantitative estimate of drug-likeness (QED) is 0.722. The number of aliphatic hydroxyl groups is 1. The van der Waals surface area contributed by atoms with E-state index in [9.17, 15) is 14.7 Å². The molecule has 3 rings (SSSR count). The van der Waals surface area contributed by atoms with Crippen LogP contribution >= 0.6 is 0 Å². The Labute approximate surface area is 166 Å². The van der Waals surface area contributed by atoms with Gasteiger partial charge in [-0.05, 0) is 18.5 Å². The molecule has 154 valence electrons. The summed E-state index contributed by atoms with van der Waals surface area (Å²) in [6.45, 7) is 3.72. The minimum Gasteiger partial charge on any atom is -0.462 e.